The van der Waals surface area contributed by atoms with Crippen LogP contribution in [0, 0.1) is 5.92 Å². The van der Waals surface area contributed by atoms with Crippen LogP contribution in [-0.2, 0) is 11.3 Å². The molecule has 0 spiro atoms. The molecule has 1 aliphatic carbocycles. The van der Waals surface area contributed by atoms with Gasteiger partial charge in [0.2, 0.25) is 5.95 Å². The first-order valence-corrected chi connectivity index (χ1v) is 10.9. The summed E-state index contributed by atoms with van der Waals surface area (Å²) in [5.41, 5.74) is 2.66. The molecule has 1 amide bonds. The molecule has 0 atom stereocenters. The minimum atomic E-state index is -0.0250. The van der Waals surface area contributed by atoms with Crippen LogP contribution in [0.5, 0.6) is 0 Å². The maximum atomic E-state index is 12.8. The molecule has 0 bridgehead atoms. The molecule has 1 saturated carbocycles. The van der Waals surface area contributed by atoms with E-state index in [4.69, 9.17) is 4.74 Å². The molecule has 7 heteroatoms. The van der Waals surface area contributed by atoms with E-state index in [9.17, 15) is 4.79 Å². The summed E-state index contributed by atoms with van der Waals surface area (Å²) in [5.74, 6) is 1.47. The summed E-state index contributed by atoms with van der Waals surface area (Å²) >= 11 is 0. The summed E-state index contributed by atoms with van der Waals surface area (Å²) in [4.78, 5) is 24.1. The van der Waals surface area contributed by atoms with Crippen LogP contribution in [0.2, 0.25) is 0 Å². The predicted molar refractivity (Wildman–Crippen MR) is 113 cm³/mol. The summed E-state index contributed by atoms with van der Waals surface area (Å²) in [7, 11) is 0. The number of rotatable bonds is 10. The van der Waals surface area contributed by atoms with E-state index in [-0.39, 0.29) is 5.91 Å². The van der Waals surface area contributed by atoms with Crippen molar-refractivity contribution in [2.24, 2.45) is 5.92 Å². The number of hydrogen-bond donors (Lipinski definition) is 1. The third-order valence-electron chi connectivity index (χ3n) is 5.60. The van der Waals surface area contributed by atoms with Crippen LogP contribution < -0.4 is 10.2 Å². The fourth-order valence-electron chi connectivity index (χ4n) is 3.75. The van der Waals surface area contributed by atoms with Crippen molar-refractivity contribution in [2.45, 2.75) is 45.6 Å². The Labute approximate surface area is 172 Å². The molecule has 1 aliphatic heterocycles. The van der Waals surface area contributed by atoms with Gasteiger partial charge in [-0.2, -0.15) is 0 Å². The van der Waals surface area contributed by atoms with E-state index in [1.54, 1.807) is 0 Å². The molecular weight excluding hydrogens is 366 g/mol. The number of carbonyl (C=O) groups excluding carboxylic acids is 1. The Morgan fingerprint density at radius 3 is 2.66 bits per heavy atom. The molecule has 29 heavy (non-hydrogen) atoms. The van der Waals surface area contributed by atoms with E-state index in [2.05, 4.69) is 30.9 Å². The minimum Gasteiger partial charge on any atom is -0.382 e. The number of anilines is 1. The SMILES string of the molecule is CCOCCCNC(=O)c1cc(-c2cnc(N3CCCC3)nc2)cn1CC1CC1. The lowest BCUT2D eigenvalue weighted by atomic mass is 10.2. The van der Waals surface area contributed by atoms with Crippen molar-refractivity contribution in [1.29, 1.82) is 0 Å². The van der Waals surface area contributed by atoms with E-state index in [1.165, 1.54) is 25.7 Å². The van der Waals surface area contributed by atoms with Gasteiger partial charge < -0.3 is 19.5 Å². The molecule has 3 heterocycles. The summed E-state index contributed by atoms with van der Waals surface area (Å²) in [6.07, 6.45) is 11.6. The Kier molecular flexibility index (Phi) is 6.44. The zero-order valence-corrected chi connectivity index (χ0v) is 17.3. The summed E-state index contributed by atoms with van der Waals surface area (Å²) < 4.78 is 7.44. The highest BCUT2D eigenvalue weighted by Crippen LogP contribution is 2.32. The lowest BCUT2D eigenvalue weighted by Crippen LogP contribution is -2.27. The molecule has 2 aliphatic rings. The van der Waals surface area contributed by atoms with Crippen molar-refractivity contribution in [3.8, 4) is 11.1 Å². The maximum absolute atomic E-state index is 12.8. The normalized spacial score (nSPS) is 16.4. The third kappa shape index (κ3) is 5.15. The van der Waals surface area contributed by atoms with Gasteiger partial charge in [-0.3, -0.25) is 4.79 Å². The molecule has 156 valence electrons. The van der Waals surface area contributed by atoms with Crippen molar-refractivity contribution < 1.29 is 9.53 Å². The van der Waals surface area contributed by atoms with E-state index >= 15 is 0 Å². The fraction of sp³-hybridized carbons (Fsp3) is 0.591. The Morgan fingerprint density at radius 2 is 1.97 bits per heavy atom. The highest BCUT2D eigenvalue weighted by Gasteiger charge is 2.24. The molecule has 1 N–H and O–H groups in total. The summed E-state index contributed by atoms with van der Waals surface area (Å²) in [6, 6.07) is 1.97. The van der Waals surface area contributed by atoms with Gasteiger partial charge in [-0.15, -0.1) is 0 Å². The van der Waals surface area contributed by atoms with Crippen LogP contribution in [0.4, 0.5) is 5.95 Å². The highest BCUT2D eigenvalue weighted by molar-refractivity contribution is 5.94. The van der Waals surface area contributed by atoms with Crippen LogP contribution in [0.25, 0.3) is 11.1 Å². The van der Waals surface area contributed by atoms with Crippen LogP contribution in [0.15, 0.2) is 24.7 Å². The Balaban J connectivity index is 1.46. The summed E-state index contributed by atoms with van der Waals surface area (Å²) in [5, 5.41) is 3.03. The smallest absolute Gasteiger partial charge is 0.267 e. The van der Waals surface area contributed by atoms with Gasteiger partial charge in [-0.05, 0) is 51.0 Å². The number of ether oxygens (including phenoxy) is 1. The van der Waals surface area contributed by atoms with E-state index in [0.29, 0.717) is 31.4 Å². The number of nitrogens with zero attached hydrogens (tertiary/aromatic N) is 4. The molecular formula is C22H31N5O2. The molecule has 4 rings (SSSR count). The largest absolute Gasteiger partial charge is 0.382 e. The van der Waals surface area contributed by atoms with Crippen molar-refractivity contribution in [3.63, 3.8) is 0 Å². The average Bonchev–Trinajstić information content (AvgIpc) is 3.21. The van der Waals surface area contributed by atoms with Gasteiger partial charge in [0, 0.05) is 69.1 Å². The molecule has 2 fully saturated rings. The van der Waals surface area contributed by atoms with Crippen LogP contribution in [-0.4, -0.2) is 53.3 Å². The van der Waals surface area contributed by atoms with E-state index in [0.717, 1.165) is 43.1 Å². The monoisotopic (exact) mass is 397 g/mol. The van der Waals surface area contributed by atoms with E-state index < -0.39 is 0 Å². The molecule has 1 saturated heterocycles. The van der Waals surface area contributed by atoms with Crippen molar-refractivity contribution in [3.05, 3.63) is 30.4 Å². The van der Waals surface area contributed by atoms with Gasteiger partial charge in [-0.25, -0.2) is 9.97 Å². The van der Waals surface area contributed by atoms with Crippen molar-refractivity contribution in [2.75, 3.05) is 37.7 Å². The standard InChI is InChI=1S/C22H31N5O2/c1-2-29-11-5-8-23-21(28)20-12-18(16-27(20)15-17-6-7-17)19-13-24-22(25-14-19)26-9-3-4-10-26/h12-14,16-17H,2-11,15H2,1H3,(H,23,28). The lowest BCUT2D eigenvalue weighted by Gasteiger charge is -2.14. The van der Waals surface area contributed by atoms with Crippen LogP contribution >= 0.6 is 0 Å². The first-order chi connectivity index (χ1) is 14.2. The minimum absolute atomic E-state index is 0.0250. The van der Waals surface area contributed by atoms with Gasteiger partial charge >= 0.3 is 0 Å². The Morgan fingerprint density at radius 1 is 1.21 bits per heavy atom. The second-order valence-corrected chi connectivity index (χ2v) is 7.98. The van der Waals surface area contributed by atoms with Gasteiger partial charge in [0.15, 0.2) is 0 Å². The molecule has 0 aromatic carbocycles. The quantitative estimate of drug-likeness (QED) is 0.624. The number of aromatic nitrogens is 3. The number of amides is 1. The predicted octanol–water partition coefficient (Wildman–Crippen LogP) is 3.11. The number of hydrogen-bond acceptors (Lipinski definition) is 5. The van der Waals surface area contributed by atoms with Crippen molar-refractivity contribution >= 4 is 11.9 Å². The van der Waals surface area contributed by atoms with Gasteiger partial charge in [-0.1, -0.05) is 0 Å². The number of nitrogens with one attached hydrogen (secondary N) is 1. The van der Waals surface area contributed by atoms with Gasteiger partial charge in [0.25, 0.3) is 5.91 Å². The Bertz CT molecular complexity index is 807. The van der Waals surface area contributed by atoms with Crippen LogP contribution in [0.1, 0.15) is 49.5 Å². The summed E-state index contributed by atoms with van der Waals surface area (Å²) in [6.45, 7) is 6.94. The van der Waals surface area contributed by atoms with E-state index in [1.807, 2.05) is 25.4 Å². The lowest BCUT2D eigenvalue weighted by molar-refractivity contribution is 0.0934. The molecule has 2 aromatic heterocycles. The third-order valence-corrected chi connectivity index (χ3v) is 5.60. The second-order valence-electron chi connectivity index (χ2n) is 7.98. The average molecular weight is 398 g/mol. The molecule has 2 aromatic rings. The first-order valence-electron chi connectivity index (χ1n) is 10.9. The molecule has 7 nitrogen and oxygen atoms in total. The zero-order chi connectivity index (χ0) is 20.1. The molecule has 0 radical (unpaired) electrons. The maximum Gasteiger partial charge on any atom is 0.267 e. The molecule has 0 unspecified atom stereocenters. The topological polar surface area (TPSA) is 72.3 Å². The van der Waals surface area contributed by atoms with Gasteiger partial charge in [0.1, 0.15) is 5.69 Å². The van der Waals surface area contributed by atoms with Gasteiger partial charge in [0.05, 0.1) is 0 Å². The first kappa shape index (κ1) is 19.9. The number of carbonyl (C=O) groups is 1. The van der Waals surface area contributed by atoms with Crippen molar-refractivity contribution in [1.82, 2.24) is 19.9 Å². The Hall–Kier alpha value is -2.41. The fourth-order valence-corrected chi connectivity index (χ4v) is 3.75. The zero-order valence-electron chi connectivity index (χ0n) is 17.3. The van der Waals surface area contributed by atoms with Crippen LogP contribution in [0.3, 0.4) is 0 Å². The second kappa shape index (κ2) is 9.39. The highest BCUT2D eigenvalue weighted by atomic mass is 16.5.